The molecule has 0 bridgehead atoms. The minimum atomic E-state index is 0.0155. The van der Waals surface area contributed by atoms with Gasteiger partial charge in [-0.15, -0.1) is 0 Å². The zero-order valence-corrected chi connectivity index (χ0v) is 9.44. The summed E-state index contributed by atoms with van der Waals surface area (Å²) in [5.74, 6) is 0.574. The van der Waals surface area contributed by atoms with Crippen LogP contribution in [0.3, 0.4) is 0 Å². The third-order valence-corrected chi connectivity index (χ3v) is 2.84. The summed E-state index contributed by atoms with van der Waals surface area (Å²) in [4.78, 5) is 0. The maximum Gasteiger partial charge on any atom is 0.145 e. The molecular formula is C11H19N3O. The topological polar surface area (TPSA) is 53.1 Å². The molecule has 2 rings (SSSR count). The Hall–Kier alpha value is -1.03. The predicted octanol–water partition coefficient (Wildman–Crippen LogP) is 1.81. The van der Waals surface area contributed by atoms with Crippen LogP contribution in [-0.4, -0.2) is 21.5 Å². The maximum absolute atomic E-state index is 5.99. The Balaban J connectivity index is 1.95. The van der Waals surface area contributed by atoms with Crippen LogP contribution >= 0.6 is 0 Å². The zero-order chi connectivity index (χ0) is 10.9. The van der Waals surface area contributed by atoms with Gasteiger partial charge in [0.2, 0.25) is 0 Å². The average molecular weight is 209 g/mol. The highest BCUT2D eigenvalue weighted by atomic mass is 16.5. The molecule has 4 nitrogen and oxygen atoms in total. The number of nitrogens with zero attached hydrogens (tertiary/aromatic N) is 2. The van der Waals surface area contributed by atoms with Crippen molar-refractivity contribution < 1.29 is 4.74 Å². The standard InChI is InChI=1S/C11H19N3O/c1-11(2)6-3-4-9(15-11)8-14-7-5-10(12)13-14/h5,7,9H,3-4,6,8H2,1-2H3,(H2,12,13). The molecule has 1 atom stereocenters. The first kappa shape index (κ1) is 10.5. The highest BCUT2D eigenvalue weighted by Crippen LogP contribution is 2.28. The molecule has 1 aromatic heterocycles. The van der Waals surface area contributed by atoms with E-state index in [9.17, 15) is 0 Å². The van der Waals surface area contributed by atoms with Gasteiger partial charge in [-0.1, -0.05) is 0 Å². The van der Waals surface area contributed by atoms with Gasteiger partial charge in [0.25, 0.3) is 0 Å². The first-order valence-electron chi connectivity index (χ1n) is 5.52. The number of aromatic nitrogens is 2. The van der Waals surface area contributed by atoms with Crippen molar-refractivity contribution in [2.24, 2.45) is 0 Å². The SMILES string of the molecule is CC1(C)CCCC(Cn2ccc(N)n2)O1. The quantitative estimate of drug-likeness (QED) is 0.808. The van der Waals surface area contributed by atoms with Crippen LogP contribution in [0.5, 0.6) is 0 Å². The molecule has 2 heterocycles. The predicted molar refractivity (Wildman–Crippen MR) is 59.4 cm³/mol. The first-order valence-corrected chi connectivity index (χ1v) is 5.52. The molecule has 84 valence electrons. The van der Waals surface area contributed by atoms with Gasteiger partial charge in [-0.3, -0.25) is 4.68 Å². The highest BCUT2D eigenvalue weighted by Gasteiger charge is 2.28. The van der Waals surface area contributed by atoms with Crippen LogP contribution in [0.25, 0.3) is 0 Å². The Bertz CT molecular complexity index is 332. The highest BCUT2D eigenvalue weighted by molar-refractivity contribution is 5.23. The Morgan fingerprint density at radius 1 is 1.67 bits per heavy atom. The van der Waals surface area contributed by atoms with Gasteiger partial charge >= 0.3 is 0 Å². The minimum absolute atomic E-state index is 0.0155. The first-order chi connectivity index (χ1) is 7.05. The molecule has 0 radical (unpaired) electrons. The summed E-state index contributed by atoms with van der Waals surface area (Å²) in [7, 11) is 0. The molecular weight excluding hydrogens is 190 g/mol. The molecule has 0 amide bonds. The van der Waals surface area contributed by atoms with Crippen molar-refractivity contribution in [3.63, 3.8) is 0 Å². The van der Waals surface area contributed by atoms with Crippen molar-refractivity contribution in [3.05, 3.63) is 12.3 Å². The average Bonchev–Trinajstić information content (AvgIpc) is 2.49. The molecule has 1 saturated heterocycles. The summed E-state index contributed by atoms with van der Waals surface area (Å²) in [5.41, 5.74) is 5.58. The van der Waals surface area contributed by atoms with Crippen molar-refractivity contribution in [1.29, 1.82) is 0 Å². The lowest BCUT2D eigenvalue weighted by atomic mass is 9.95. The molecule has 0 spiro atoms. The maximum atomic E-state index is 5.99. The molecule has 15 heavy (non-hydrogen) atoms. The van der Waals surface area contributed by atoms with Crippen LogP contribution in [-0.2, 0) is 11.3 Å². The van der Waals surface area contributed by atoms with E-state index < -0.39 is 0 Å². The monoisotopic (exact) mass is 209 g/mol. The van der Waals surface area contributed by atoms with Crippen LogP contribution < -0.4 is 5.73 Å². The van der Waals surface area contributed by atoms with Crippen LogP contribution in [0.4, 0.5) is 5.82 Å². The van der Waals surface area contributed by atoms with Crippen molar-refractivity contribution in [1.82, 2.24) is 9.78 Å². The zero-order valence-electron chi connectivity index (χ0n) is 9.44. The number of hydrogen-bond acceptors (Lipinski definition) is 3. The van der Waals surface area contributed by atoms with Crippen LogP contribution in [0, 0.1) is 0 Å². The Morgan fingerprint density at radius 3 is 3.07 bits per heavy atom. The lowest BCUT2D eigenvalue weighted by Crippen LogP contribution is -2.37. The molecule has 1 fully saturated rings. The van der Waals surface area contributed by atoms with Gasteiger partial charge in [0.15, 0.2) is 0 Å². The fourth-order valence-corrected chi connectivity index (χ4v) is 2.14. The fourth-order valence-electron chi connectivity index (χ4n) is 2.14. The summed E-state index contributed by atoms with van der Waals surface area (Å²) >= 11 is 0. The van der Waals surface area contributed by atoms with E-state index in [1.54, 1.807) is 0 Å². The van der Waals surface area contributed by atoms with Gasteiger partial charge in [0.1, 0.15) is 5.82 Å². The van der Waals surface area contributed by atoms with Crippen LogP contribution in [0.2, 0.25) is 0 Å². The lowest BCUT2D eigenvalue weighted by Gasteiger charge is -2.35. The molecule has 2 N–H and O–H groups in total. The van der Waals surface area contributed by atoms with Gasteiger partial charge in [-0.25, -0.2) is 0 Å². The van der Waals surface area contributed by atoms with Crippen molar-refractivity contribution in [2.75, 3.05) is 5.73 Å². The second kappa shape index (κ2) is 3.85. The summed E-state index contributed by atoms with van der Waals surface area (Å²) < 4.78 is 7.85. The smallest absolute Gasteiger partial charge is 0.145 e. The van der Waals surface area contributed by atoms with E-state index in [1.165, 1.54) is 6.42 Å². The van der Waals surface area contributed by atoms with Crippen molar-refractivity contribution in [2.45, 2.75) is 51.4 Å². The summed E-state index contributed by atoms with van der Waals surface area (Å²) in [6.45, 7) is 5.11. The van der Waals surface area contributed by atoms with Gasteiger partial charge in [0, 0.05) is 6.20 Å². The Labute approximate surface area is 90.4 Å². The number of nitrogens with two attached hydrogens (primary N) is 1. The van der Waals surface area contributed by atoms with Gasteiger partial charge in [-0.05, 0) is 39.2 Å². The van der Waals surface area contributed by atoms with Gasteiger partial charge < -0.3 is 10.5 Å². The lowest BCUT2D eigenvalue weighted by molar-refractivity contribution is -0.112. The molecule has 4 heteroatoms. The number of nitrogen functional groups attached to an aromatic ring is 1. The Morgan fingerprint density at radius 2 is 2.47 bits per heavy atom. The van der Waals surface area contributed by atoms with E-state index in [-0.39, 0.29) is 11.7 Å². The van der Waals surface area contributed by atoms with Crippen LogP contribution in [0.15, 0.2) is 12.3 Å². The van der Waals surface area contributed by atoms with Crippen LogP contribution in [0.1, 0.15) is 33.1 Å². The van der Waals surface area contributed by atoms with E-state index in [0.29, 0.717) is 5.82 Å². The molecule has 0 aromatic carbocycles. The summed E-state index contributed by atoms with van der Waals surface area (Å²) in [5, 5.41) is 4.17. The second-order valence-electron chi connectivity index (χ2n) is 4.85. The number of hydrogen-bond donors (Lipinski definition) is 1. The number of rotatable bonds is 2. The van der Waals surface area contributed by atoms with E-state index in [1.807, 2.05) is 16.9 Å². The molecule has 0 saturated carbocycles. The number of ether oxygens (including phenoxy) is 1. The molecule has 0 aliphatic carbocycles. The van der Waals surface area contributed by atoms with Gasteiger partial charge in [-0.2, -0.15) is 5.10 Å². The van der Waals surface area contributed by atoms with Crippen molar-refractivity contribution >= 4 is 5.82 Å². The normalized spacial score (nSPS) is 25.3. The molecule has 1 aliphatic rings. The number of anilines is 1. The largest absolute Gasteiger partial charge is 0.382 e. The fraction of sp³-hybridized carbons (Fsp3) is 0.727. The second-order valence-corrected chi connectivity index (χ2v) is 4.85. The van der Waals surface area contributed by atoms with E-state index in [2.05, 4.69) is 18.9 Å². The Kier molecular flexibility index (Phi) is 2.69. The van der Waals surface area contributed by atoms with E-state index >= 15 is 0 Å². The minimum Gasteiger partial charge on any atom is -0.382 e. The van der Waals surface area contributed by atoms with E-state index in [4.69, 9.17) is 10.5 Å². The summed E-state index contributed by atoms with van der Waals surface area (Å²) in [6.07, 6.45) is 5.66. The molecule has 1 aliphatic heterocycles. The summed E-state index contributed by atoms with van der Waals surface area (Å²) in [6, 6.07) is 1.81. The third-order valence-electron chi connectivity index (χ3n) is 2.84. The third kappa shape index (κ3) is 2.72. The van der Waals surface area contributed by atoms with E-state index in [0.717, 1.165) is 19.4 Å². The van der Waals surface area contributed by atoms with Crippen molar-refractivity contribution in [3.8, 4) is 0 Å². The molecule has 1 unspecified atom stereocenters. The molecule has 1 aromatic rings. The van der Waals surface area contributed by atoms with Gasteiger partial charge in [0.05, 0.1) is 18.2 Å².